The number of nitrogens with zero attached hydrogens (tertiary/aromatic N) is 11. The summed E-state index contributed by atoms with van der Waals surface area (Å²) in [5, 5.41) is 24.7. The number of pyridine rings is 2. The summed E-state index contributed by atoms with van der Waals surface area (Å²) >= 11 is 3.49. The van der Waals surface area contributed by atoms with Crippen LogP contribution in [0.15, 0.2) is 41.5 Å². The van der Waals surface area contributed by atoms with Gasteiger partial charge in [0.15, 0.2) is 0 Å². The molecule has 0 aromatic carbocycles. The molecule has 2 N–H and O–H groups in total. The van der Waals surface area contributed by atoms with Crippen LogP contribution in [0.2, 0.25) is 0 Å². The minimum absolute atomic E-state index is 0.156. The second-order valence-electron chi connectivity index (χ2n) is 13.2. The molecule has 1 aliphatic rings. The number of anilines is 3. The first-order chi connectivity index (χ1) is 23.8. The maximum absolute atomic E-state index is 12.2. The molecule has 1 atom stereocenters. The van der Waals surface area contributed by atoms with Crippen LogP contribution in [0.25, 0.3) is 22.1 Å². The molecule has 0 radical (unpaired) electrons. The Balaban J connectivity index is 0.000000178. The van der Waals surface area contributed by atoms with Gasteiger partial charge in [0.1, 0.15) is 38.6 Å². The van der Waals surface area contributed by atoms with E-state index in [9.17, 15) is 4.79 Å². The second kappa shape index (κ2) is 14.1. The van der Waals surface area contributed by atoms with Crippen LogP contribution >= 0.6 is 15.9 Å². The lowest BCUT2D eigenvalue weighted by atomic mass is 10.2. The van der Waals surface area contributed by atoms with Crippen LogP contribution in [0.5, 0.6) is 0 Å². The van der Waals surface area contributed by atoms with Crippen LogP contribution in [-0.4, -0.2) is 67.8 Å². The molecule has 6 aromatic heterocycles. The van der Waals surface area contributed by atoms with E-state index in [1.165, 1.54) is 0 Å². The van der Waals surface area contributed by atoms with E-state index >= 15 is 0 Å². The first kappa shape index (κ1) is 34.9. The van der Waals surface area contributed by atoms with Gasteiger partial charge >= 0.3 is 6.09 Å². The SMILES string of the molecule is Cc1nn(C(C)C)c2c(NCc3cnn(C)c3)cc(Br)nc12.Cc1nn(C(C)C)c2c(NCc3cnn(C)c3)cc(N3CC(C)OC3=O)nc12. The number of aryl methyl sites for hydroxylation is 4. The van der Waals surface area contributed by atoms with Gasteiger partial charge in [-0.1, -0.05) is 0 Å². The number of rotatable bonds is 9. The third-order valence-electron chi connectivity index (χ3n) is 8.30. The fourth-order valence-electron chi connectivity index (χ4n) is 5.99. The van der Waals surface area contributed by atoms with Gasteiger partial charge in [-0.2, -0.15) is 20.4 Å². The van der Waals surface area contributed by atoms with Crippen molar-refractivity contribution in [1.82, 2.24) is 49.1 Å². The smallest absolute Gasteiger partial charge is 0.415 e. The minimum atomic E-state index is -0.369. The molecule has 1 aliphatic heterocycles. The fraction of sp³-hybridized carbons (Fsp3) is 0.441. The van der Waals surface area contributed by atoms with Crippen LogP contribution in [0, 0.1) is 13.8 Å². The molecule has 50 heavy (non-hydrogen) atoms. The zero-order valence-electron chi connectivity index (χ0n) is 29.9. The van der Waals surface area contributed by atoms with Crippen LogP contribution < -0.4 is 15.5 Å². The van der Waals surface area contributed by atoms with Crippen LogP contribution in [0.4, 0.5) is 22.0 Å². The first-order valence-corrected chi connectivity index (χ1v) is 17.4. The molecule has 7 rings (SSSR count). The molecule has 15 nitrogen and oxygen atoms in total. The molecule has 16 heteroatoms. The number of hydrogen-bond donors (Lipinski definition) is 2. The van der Waals surface area contributed by atoms with E-state index in [-0.39, 0.29) is 24.3 Å². The molecule has 0 aliphatic carbocycles. The summed E-state index contributed by atoms with van der Waals surface area (Å²) in [6, 6.07) is 4.36. The maximum Gasteiger partial charge on any atom is 0.415 e. The number of fused-ring (bicyclic) bond motifs is 2. The van der Waals surface area contributed by atoms with Crippen molar-refractivity contribution in [2.75, 3.05) is 22.1 Å². The van der Waals surface area contributed by atoms with E-state index in [2.05, 4.69) is 79.6 Å². The molecule has 0 spiro atoms. The summed E-state index contributed by atoms with van der Waals surface area (Å²) in [7, 11) is 3.81. The second-order valence-corrected chi connectivity index (χ2v) is 14.0. The Morgan fingerprint density at radius 2 is 1.34 bits per heavy atom. The number of nitrogens with one attached hydrogen (secondary N) is 2. The average Bonchev–Trinajstić information content (AvgIpc) is 3.88. The van der Waals surface area contributed by atoms with E-state index in [0.29, 0.717) is 25.5 Å². The Labute approximate surface area is 299 Å². The Morgan fingerprint density at radius 1 is 0.840 bits per heavy atom. The summed E-state index contributed by atoms with van der Waals surface area (Å²) in [6.07, 6.45) is 7.15. The summed E-state index contributed by atoms with van der Waals surface area (Å²) in [5.74, 6) is 0.571. The van der Waals surface area contributed by atoms with Gasteiger partial charge in [-0.25, -0.2) is 14.8 Å². The number of carbonyl (C=O) groups is 1. The molecule has 7 heterocycles. The summed E-state index contributed by atoms with van der Waals surface area (Å²) in [5.41, 5.74) is 9.56. The predicted octanol–water partition coefficient (Wildman–Crippen LogP) is 6.44. The number of aromatic nitrogens is 10. The van der Waals surface area contributed by atoms with Crippen LogP contribution in [-0.2, 0) is 31.9 Å². The number of cyclic esters (lactones) is 1. The van der Waals surface area contributed by atoms with Gasteiger partial charge < -0.3 is 15.4 Å². The van der Waals surface area contributed by atoms with Crippen molar-refractivity contribution in [2.45, 2.75) is 79.7 Å². The van der Waals surface area contributed by atoms with Gasteiger partial charge in [0.25, 0.3) is 0 Å². The van der Waals surface area contributed by atoms with Crippen molar-refractivity contribution < 1.29 is 9.53 Å². The number of carbonyl (C=O) groups excluding carboxylic acids is 1. The predicted molar refractivity (Wildman–Crippen MR) is 197 cm³/mol. The normalized spacial score (nSPS) is 14.6. The van der Waals surface area contributed by atoms with Crippen molar-refractivity contribution in [3.8, 4) is 0 Å². The van der Waals surface area contributed by atoms with Gasteiger partial charge in [0, 0.05) is 68.9 Å². The van der Waals surface area contributed by atoms with Crippen molar-refractivity contribution >= 4 is 61.3 Å². The highest BCUT2D eigenvalue weighted by atomic mass is 79.9. The van der Waals surface area contributed by atoms with Gasteiger partial charge in [-0.15, -0.1) is 0 Å². The summed E-state index contributed by atoms with van der Waals surface area (Å²) in [4.78, 5) is 23.1. The van der Waals surface area contributed by atoms with Gasteiger partial charge in [-0.05, 0) is 70.5 Å². The number of halogens is 1. The summed E-state index contributed by atoms with van der Waals surface area (Å²) in [6.45, 7) is 16.0. The topological polar surface area (TPSA) is 151 Å². The Kier molecular flexibility index (Phi) is 9.82. The molecule has 6 aromatic rings. The third kappa shape index (κ3) is 7.15. The average molecular weight is 747 g/mol. The largest absolute Gasteiger partial charge is 0.444 e. The van der Waals surface area contributed by atoms with Gasteiger partial charge in [-0.3, -0.25) is 23.6 Å². The van der Waals surface area contributed by atoms with Gasteiger partial charge in [0.2, 0.25) is 0 Å². The summed E-state index contributed by atoms with van der Waals surface area (Å²) < 4.78 is 13.7. The first-order valence-electron chi connectivity index (χ1n) is 16.6. The monoisotopic (exact) mass is 745 g/mol. The van der Waals surface area contributed by atoms with E-state index in [1.807, 2.05) is 81.2 Å². The van der Waals surface area contributed by atoms with Crippen molar-refractivity contribution in [3.05, 3.63) is 64.0 Å². The third-order valence-corrected chi connectivity index (χ3v) is 8.71. The van der Waals surface area contributed by atoms with Crippen LogP contribution in [0.1, 0.15) is 69.2 Å². The molecule has 264 valence electrons. The van der Waals surface area contributed by atoms with E-state index < -0.39 is 0 Å². The highest BCUT2D eigenvalue weighted by Gasteiger charge is 2.31. The van der Waals surface area contributed by atoms with Crippen LogP contribution in [0.3, 0.4) is 0 Å². The minimum Gasteiger partial charge on any atom is -0.444 e. The molecule has 0 saturated carbocycles. The lowest BCUT2D eigenvalue weighted by Crippen LogP contribution is -2.25. The quantitative estimate of drug-likeness (QED) is 0.158. The van der Waals surface area contributed by atoms with Gasteiger partial charge in [0.05, 0.1) is 41.7 Å². The van der Waals surface area contributed by atoms with E-state index in [1.54, 1.807) is 14.3 Å². The Hall–Kier alpha value is -4.99. The molecular formula is C34H44BrN13O2. The Bertz CT molecular complexity index is 2160. The highest BCUT2D eigenvalue weighted by molar-refractivity contribution is 9.10. The van der Waals surface area contributed by atoms with Crippen molar-refractivity contribution in [2.24, 2.45) is 14.1 Å². The van der Waals surface area contributed by atoms with Crippen molar-refractivity contribution in [1.29, 1.82) is 0 Å². The number of hydrogen-bond acceptors (Lipinski definition) is 10. The molecule has 1 saturated heterocycles. The zero-order chi connectivity index (χ0) is 35.9. The zero-order valence-corrected chi connectivity index (χ0v) is 31.5. The molecule has 1 fully saturated rings. The molecule has 0 bridgehead atoms. The lowest BCUT2D eigenvalue weighted by Gasteiger charge is -2.17. The van der Waals surface area contributed by atoms with E-state index in [0.717, 1.165) is 60.6 Å². The van der Waals surface area contributed by atoms with E-state index in [4.69, 9.17) is 9.72 Å². The lowest BCUT2D eigenvalue weighted by molar-refractivity contribution is 0.150. The molecule has 1 unspecified atom stereocenters. The number of amides is 1. The highest BCUT2D eigenvalue weighted by Crippen LogP contribution is 2.33. The molecular weight excluding hydrogens is 702 g/mol. The van der Waals surface area contributed by atoms with Crippen molar-refractivity contribution in [3.63, 3.8) is 0 Å². The fourth-order valence-corrected chi connectivity index (χ4v) is 6.39. The molecule has 1 amide bonds. The standard InChI is InChI=1S/C19H25N7O2.C15H19BrN6/c1-11(2)26-18-15(20-7-14-8-21-24(5)10-14)6-16(22-17(18)13(4)23-26)25-9-12(3)28-19(25)27;1-9(2)22-15-12(17-6-11-7-18-21(4)8-11)5-13(16)19-14(15)10(3)20-22/h6,8,10-12H,7,9H2,1-5H3,(H,20,22);5,7-9H,6H2,1-4H3,(H,17,19). The number of ether oxygens (including phenoxy) is 1. The Morgan fingerprint density at radius 3 is 1.78 bits per heavy atom. The maximum atomic E-state index is 12.2.